The second-order valence-electron chi connectivity index (χ2n) is 5.71. The number of carboxylic acid groups (broad SMARTS) is 1. The predicted molar refractivity (Wildman–Crippen MR) is 76.3 cm³/mol. The molecular formula is C15H29NO3. The van der Waals surface area contributed by atoms with Gasteiger partial charge in [-0.05, 0) is 25.3 Å². The quantitative estimate of drug-likeness (QED) is 0.737. The molecule has 0 unspecified atom stereocenters. The number of hydrogen-bond donors (Lipinski definition) is 1. The molecule has 1 aliphatic heterocycles. The minimum absolute atomic E-state index is 0.578. The maximum atomic E-state index is 11.7. The molecule has 0 aromatic rings. The molecule has 0 aromatic carbocycles. The Morgan fingerprint density at radius 2 is 1.84 bits per heavy atom. The summed E-state index contributed by atoms with van der Waals surface area (Å²) >= 11 is 0. The molecule has 112 valence electrons. The summed E-state index contributed by atoms with van der Waals surface area (Å²) < 4.78 is 5.33. The molecule has 1 fully saturated rings. The minimum atomic E-state index is -0.654. The Labute approximate surface area is 117 Å². The molecule has 0 amide bonds. The standard InChI is InChI=1S/C15H29NO3/c1-4-13(5-2)11-16(6-3)12-15(14(17)18)7-9-19-10-8-15/h13H,4-12H2,1-3H3,(H,17,18). The van der Waals surface area contributed by atoms with Gasteiger partial charge in [0.15, 0.2) is 0 Å². The Bertz CT molecular complexity index is 271. The van der Waals surface area contributed by atoms with Gasteiger partial charge < -0.3 is 14.7 Å². The largest absolute Gasteiger partial charge is 0.481 e. The average molecular weight is 271 g/mol. The third-order valence-electron chi connectivity index (χ3n) is 4.55. The molecule has 0 spiro atoms. The van der Waals surface area contributed by atoms with Gasteiger partial charge >= 0.3 is 5.97 Å². The summed E-state index contributed by atoms with van der Waals surface area (Å²) in [5, 5.41) is 9.60. The maximum absolute atomic E-state index is 11.7. The molecule has 1 N–H and O–H groups in total. The Hall–Kier alpha value is -0.610. The van der Waals surface area contributed by atoms with Gasteiger partial charge in [0, 0.05) is 26.3 Å². The third kappa shape index (κ3) is 4.46. The van der Waals surface area contributed by atoms with Crippen LogP contribution >= 0.6 is 0 Å². The van der Waals surface area contributed by atoms with Crippen molar-refractivity contribution in [2.24, 2.45) is 11.3 Å². The van der Waals surface area contributed by atoms with Crippen LogP contribution in [0.5, 0.6) is 0 Å². The first kappa shape index (κ1) is 16.4. The zero-order chi connectivity index (χ0) is 14.3. The minimum Gasteiger partial charge on any atom is -0.481 e. The first-order chi connectivity index (χ1) is 9.07. The van der Waals surface area contributed by atoms with Crippen LogP contribution in [0.15, 0.2) is 0 Å². The van der Waals surface area contributed by atoms with E-state index in [9.17, 15) is 9.90 Å². The van der Waals surface area contributed by atoms with Crippen molar-refractivity contribution in [2.75, 3.05) is 32.8 Å². The van der Waals surface area contributed by atoms with Crippen molar-refractivity contribution in [3.05, 3.63) is 0 Å². The molecule has 0 radical (unpaired) electrons. The van der Waals surface area contributed by atoms with Crippen LogP contribution in [-0.2, 0) is 9.53 Å². The van der Waals surface area contributed by atoms with Crippen LogP contribution in [0, 0.1) is 11.3 Å². The first-order valence-corrected chi connectivity index (χ1v) is 7.61. The molecule has 1 aliphatic rings. The van der Waals surface area contributed by atoms with E-state index in [1.807, 2.05) is 0 Å². The maximum Gasteiger partial charge on any atom is 0.311 e. The average Bonchev–Trinajstić information content (AvgIpc) is 2.44. The number of carboxylic acids is 1. The summed E-state index contributed by atoms with van der Waals surface area (Å²) in [5.41, 5.74) is -0.597. The highest BCUT2D eigenvalue weighted by Crippen LogP contribution is 2.32. The van der Waals surface area contributed by atoms with Crippen LogP contribution in [0.25, 0.3) is 0 Å². The summed E-state index contributed by atoms with van der Waals surface area (Å²) in [6.07, 6.45) is 3.61. The van der Waals surface area contributed by atoms with E-state index in [-0.39, 0.29) is 0 Å². The Kier molecular flexibility index (Phi) is 6.80. The number of nitrogens with zero attached hydrogens (tertiary/aromatic N) is 1. The number of carbonyl (C=O) groups is 1. The van der Waals surface area contributed by atoms with E-state index in [2.05, 4.69) is 25.7 Å². The predicted octanol–water partition coefficient (Wildman–Crippen LogP) is 2.63. The van der Waals surface area contributed by atoms with Crippen LogP contribution in [0.4, 0.5) is 0 Å². The summed E-state index contributed by atoms with van der Waals surface area (Å²) in [4.78, 5) is 14.0. The lowest BCUT2D eigenvalue weighted by Gasteiger charge is -2.38. The second kappa shape index (κ2) is 7.85. The monoisotopic (exact) mass is 271 g/mol. The number of hydrogen-bond acceptors (Lipinski definition) is 3. The van der Waals surface area contributed by atoms with Crippen LogP contribution < -0.4 is 0 Å². The lowest BCUT2D eigenvalue weighted by atomic mass is 9.79. The van der Waals surface area contributed by atoms with E-state index < -0.39 is 11.4 Å². The van der Waals surface area contributed by atoms with Crippen LogP contribution in [0.3, 0.4) is 0 Å². The SMILES string of the molecule is CCC(CC)CN(CC)CC1(C(=O)O)CCOCC1. The molecule has 0 atom stereocenters. The fraction of sp³-hybridized carbons (Fsp3) is 0.933. The lowest BCUT2D eigenvalue weighted by molar-refractivity contribution is -0.156. The van der Waals surface area contributed by atoms with Gasteiger partial charge in [-0.25, -0.2) is 0 Å². The van der Waals surface area contributed by atoms with Gasteiger partial charge in [0.25, 0.3) is 0 Å². The first-order valence-electron chi connectivity index (χ1n) is 7.61. The van der Waals surface area contributed by atoms with Crippen LogP contribution in [0.2, 0.25) is 0 Å². The van der Waals surface area contributed by atoms with E-state index in [4.69, 9.17) is 4.74 Å². The van der Waals surface area contributed by atoms with Crippen molar-refractivity contribution < 1.29 is 14.6 Å². The van der Waals surface area contributed by atoms with Crippen LogP contribution in [-0.4, -0.2) is 48.8 Å². The fourth-order valence-electron chi connectivity index (χ4n) is 2.85. The summed E-state index contributed by atoms with van der Waals surface area (Å²) in [6.45, 7) is 10.3. The molecule has 4 heteroatoms. The zero-order valence-electron chi connectivity index (χ0n) is 12.7. The molecule has 19 heavy (non-hydrogen) atoms. The van der Waals surface area contributed by atoms with Crippen molar-refractivity contribution in [2.45, 2.75) is 46.5 Å². The van der Waals surface area contributed by atoms with E-state index in [1.165, 1.54) is 0 Å². The molecular weight excluding hydrogens is 242 g/mol. The second-order valence-corrected chi connectivity index (χ2v) is 5.71. The van der Waals surface area contributed by atoms with E-state index in [0.29, 0.717) is 38.5 Å². The van der Waals surface area contributed by atoms with Gasteiger partial charge in [-0.3, -0.25) is 4.79 Å². The molecule has 0 aliphatic carbocycles. The zero-order valence-corrected chi connectivity index (χ0v) is 12.7. The number of aliphatic carboxylic acids is 1. The van der Waals surface area contributed by atoms with Crippen LogP contribution in [0.1, 0.15) is 46.5 Å². The Morgan fingerprint density at radius 1 is 1.26 bits per heavy atom. The highest BCUT2D eigenvalue weighted by atomic mass is 16.5. The molecule has 1 rings (SSSR count). The van der Waals surface area contributed by atoms with E-state index in [0.717, 1.165) is 25.9 Å². The topological polar surface area (TPSA) is 49.8 Å². The normalized spacial score (nSPS) is 19.0. The molecule has 1 saturated heterocycles. The number of rotatable bonds is 8. The summed E-state index contributed by atoms with van der Waals surface area (Å²) in [6, 6.07) is 0. The summed E-state index contributed by atoms with van der Waals surface area (Å²) in [7, 11) is 0. The van der Waals surface area contributed by atoms with Gasteiger partial charge in [0.1, 0.15) is 0 Å². The smallest absolute Gasteiger partial charge is 0.311 e. The van der Waals surface area contributed by atoms with Gasteiger partial charge in [0.05, 0.1) is 5.41 Å². The highest BCUT2D eigenvalue weighted by Gasteiger charge is 2.41. The number of ether oxygens (including phenoxy) is 1. The Morgan fingerprint density at radius 3 is 2.26 bits per heavy atom. The molecule has 0 aromatic heterocycles. The molecule has 0 bridgehead atoms. The van der Waals surface area contributed by atoms with Gasteiger partial charge in [0.2, 0.25) is 0 Å². The van der Waals surface area contributed by atoms with Gasteiger partial charge in [-0.1, -0.05) is 33.6 Å². The van der Waals surface area contributed by atoms with E-state index >= 15 is 0 Å². The van der Waals surface area contributed by atoms with Crippen molar-refractivity contribution in [3.63, 3.8) is 0 Å². The van der Waals surface area contributed by atoms with E-state index in [1.54, 1.807) is 0 Å². The molecule has 4 nitrogen and oxygen atoms in total. The lowest BCUT2D eigenvalue weighted by Crippen LogP contribution is -2.47. The van der Waals surface area contributed by atoms with Crippen molar-refractivity contribution in [1.82, 2.24) is 4.90 Å². The van der Waals surface area contributed by atoms with Gasteiger partial charge in [-0.15, -0.1) is 0 Å². The Balaban J connectivity index is 2.67. The molecule has 0 saturated carbocycles. The fourth-order valence-corrected chi connectivity index (χ4v) is 2.85. The van der Waals surface area contributed by atoms with Crippen molar-refractivity contribution in [1.29, 1.82) is 0 Å². The molecule has 1 heterocycles. The highest BCUT2D eigenvalue weighted by molar-refractivity contribution is 5.75. The third-order valence-corrected chi connectivity index (χ3v) is 4.55. The van der Waals surface area contributed by atoms with Crippen molar-refractivity contribution >= 4 is 5.97 Å². The van der Waals surface area contributed by atoms with Gasteiger partial charge in [-0.2, -0.15) is 0 Å². The van der Waals surface area contributed by atoms with Crippen molar-refractivity contribution in [3.8, 4) is 0 Å². The summed E-state index contributed by atoms with van der Waals surface area (Å²) in [5.74, 6) is 0.0180.